The van der Waals surface area contributed by atoms with Crippen LogP contribution in [0.25, 0.3) is 0 Å². The van der Waals surface area contributed by atoms with Crippen LogP contribution in [0.5, 0.6) is 0 Å². The Bertz CT molecular complexity index is 314. The van der Waals surface area contributed by atoms with E-state index in [2.05, 4.69) is 16.3 Å². The molecule has 1 aromatic rings. The molecule has 76 valence electrons. The first-order chi connectivity index (χ1) is 6.79. The molecule has 1 N–H and O–H groups in total. The smallest absolute Gasteiger partial charge is 0.0426 e. The van der Waals surface area contributed by atoms with E-state index in [1.54, 1.807) is 0 Å². The Balaban J connectivity index is 2.09. The summed E-state index contributed by atoms with van der Waals surface area (Å²) in [6.45, 7) is 2.20. The number of nitrogens with one attached hydrogen (secondary N) is 1. The average Bonchev–Trinajstić information content (AvgIpc) is 2.66. The van der Waals surface area contributed by atoms with Gasteiger partial charge in [-0.05, 0) is 31.7 Å². The van der Waals surface area contributed by atoms with Crippen molar-refractivity contribution < 1.29 is 0 Å². The fourth-order valence-corrected chi connectivity index (χ4v) is 2.09. The molecule has 0 aromatic heterocycles. The first kappa shape index (κ1) is 9.81. The highest BCUT2D eigenvalue weighted by molar-refractivity contribution is 6.30. The maximum absolute atomic E-state index is 5.95. The van der Waals surface area contributed by atoms with Gasteiger partial charge in [-0.2, -0.15) is 0 Å². The van der Waals surface area contributed by atoms with Gasteiger partial charge in [0.15, 0.2) is 0 Å². The third-order valence-electron chi connectivity index (χ3n) is 2.77. The van der Waals surface area contributed by atoms with Gasteiger partial charge in [0, 0.05) is 29.8 Å². The standard InChI is InChI=1S/C11H15ClN2/c1-13-10-5-6-14(8-10)11-4-2-3-9(12)7-11/h2-4,7,10,13H,5-6,8H2,1H3/t10-/m1/s1. The van der Waals surface area contributed by atoms with Crippen LogP contribution >= 0.6 is 11.6 Å². The molecule has 1 fully saturated rings. The van der Waals surface area contributed by atoms with Gasteiger partial charge in [0.25, 0.3) is 0 Å². The molecule has 14 heavy (non-hydrogen) atoms. The molecule has 1 aliphatic heterocycles. The summed E-state index contributed by atoms with van der Waals surface area (Å²) < 4.78 is 0. The monoisotopic (exact) mass is 210 g/mol. The minimum absolute atomic E-state index is 0.619. The summed E-state index contributed by atoms with van der Waals surface area (Å²) in [5, 5.41) is 4.12. The van der Waals surface area contributed by atoms with Crippen molar-refractivity contribution in [3.63, 3.8) is 0 Å². The second-order valence-corrected chi connectivity index (χ2v) is 4.14. The van der Waals surface area contributed by atoms with Crippen LogP contribution in [0, 0.1) is 0 Å². The minimum Gasteiger partial charge on any atom is -0.370 e. The number of anilines is 1. The predicted molar refractivity (Wildman–Crippen MR) is 61.1 cm³/mol. The Labute approximate surface area is 89.9 Å². The van der Waals surface area contributed by atoms with E-state index >= 15 is 0 Å². The summed E-state index contributed by atoms with van der Waals surface area (Å²) in [6.07, 6.45) is 1.21. The van der Waals surface area contributed by atoms with E-state index in [-0.39, 0.29) is 0 Å². The van der Waals surface area contributed by atoms with Crippen molar-refractivity contribution in [1.82, 2.24) is 5.32 Å². The fourth-order valence-electron chi connectivity index (χ4n) is 1.90. The highest BCUT2D eigenvalue weighted by Crippen LogP contribution is 2.23. The number of halogens is 1. The lowest BCUT2D eigenvalue weighted by Crippen LogP contribution is -2.29. The molecule has 0 unspecified atom stereocenters. The van der Waals surface area contributed by atoms with E-state index in [1.807, 2.05) is 25.2 Å². The summed E-state index contributed by atoms with van der Waals surface area (Å²) >= 11 is 5.95. The fraction of sp³-hybridized carbons (Fsp3) is 0.455. The molecule has 2 nitrogen and oxygen atoms in total. The molecule has 1 aromatic carbocycles. The Hall–Kier alpha value is -0.730. The lowest BCUT2D eigenvalue weighted by molar-refractivity contribution is 0.617. The third kappa shape index (κ3) is 2.02. The summed E-state index contributed by atoms with van der Waals surface area (Å²) in [5.41, 5.74) is 1.23. The third-order valence-corrected chi connectivity index (χ3v) is 3.00. The quantitative estimate of drug-likeness (QED) is 0.805. The van der Waals surface area contributed by atoms with Crippen molar-refractivity contribution in [2.45, 2.75) is 12.5 Å². The molecule has 3 heteroatoms. The number of hydrogen-bond acceptors (Lipinski definition) is 2. The van der Waals surface area contributed by atoms with Crippen molar-refractivity contribution in [2.24, 2.45) is 0 Å². The first-order valence-electron chi connectivity index (χ1n) is 4.97. The lowest BCUT2D eigenvalue weighted by atomic mass is 10.3. The van der Waals surface area contributed by atoms with E-state index in [1.165, 1.54) is 12.1 Å². The van der Waals surface area contributed by atoms with E-state index in [9.17, 15) is 0 Å². The van der Waals surface area contributed by atoms with Crippen LogP contribution in [-0.4, -0.2) is 26.2 Å². The molecule has 2 rings (SSSR count). The van der Waals surface area contributed by atoms with Gasteiger partial charge in [0.2, 0.25) is 0 Å². The summed E-state index contributed by atoms with van der Waals surface area (Å²) in [4.78, 5) is 2.37. The number of likely N-dealkylation sites (N-methyl/N-ethyl adjacent to an activating group) is 1. The molecule has 0 saturated carbocycles. The summed E-state index contributed by atoms with van der Waals surface area (Å²) in [6, 6.07) is 8.68. The second-order valence-electron chi connectivity index (χ2n) is 3.70. The van der Waals surface area contributed by atoms with Crippen LogP contribution in [0.4, 0.5) is 5.69 Å². The SMILES string of the molecule is CN[C@@H]1CCN(c2cccc(Cl)c2)C1. The van der Waals surface area contributed by atoms with Gasteiger partial charge in [-0.1, -0.05) is 17.7 Å². The largest absolute Gasteiger partial charge is 0.370 e. The molecular formula is C11H15ClN2. The van der Waals surface area contributed by atoms with Gasteiger partial charge in [-0.25, -0.2) is 0 Å². The van der Waals surface area contributed by atoms with Crippen molar-refractivity contribution in [1.29, 1.82) is 0 Å². The van der Waals surface area contributed by atoms with E-state index in [4.69, 9.17) is 11.6 Å². The minimum atomic E-state index is 0.619. The van der Waals surface area contributed by atoms with Gasteiger partial charge in [0.1, 0.15) is 0 Å². The molecule has 1 atom stereocenters. The number of benzene rings is 1. The molecular weight excluding hydrogens is 196 g/mol. The van der Waals surface area contributed by atoms with Crippen LogP contribution in [0.1, 0.15) is 6.42 Å². The molecule has 1 heterocycles. The van der Waals surface area contributed by atoms with Crippen LogP contribution < -0.4 is 10.2 Å². The first-order valence-corrected chi connectivity index (χ1v) is 5.35. The van der Waals surface area contributed by atoms with Crippen LogP contribution in [0.3, 0.4) is 0 Å². The molecule has 1 saturated heterocycles. The normalized spacial score (nSPS) is 21.6. The molecule has 1 aliphatic rings. The van der Waals surface area contributed by atoms with Gasteiger partial charge < -0.3 is 10.2 Å². The topological polar surface area (TPSA) is 15.3 Å². The Morgan fingerprint density at radius 3 is 3.00 bits per heavy atom. The Morgan fingerprint density at radius 2 is 2.36 bits per heavy atom. The van der Waals surface area contributed by atoms with Gasteiger partial charge >= 0.3 is 0 Å². The van der Waals surface area contributed by atoms with Crippen molar-refractivity contribution in [3.05, 3.63) is 29.3 Å². The van der Waals surface area contributed by atoms with Crippen molar-refractivity contribution in [2.75, 3.05) is 25.0 Å². The van der Waals surface area contributed by atoms with Crippen molar-refractivity contribution >= 4 is 17.3 Å². The zero-order valence-corrected chi connectivity index (χ0v) is 9.09. The maximum atomic E-state index is 5.95. The van der Waals surface area contributed by atoms with Crippen LogP contribution in [0.15, 0.2) is 24.3 Å². The summed E-state index contributed by atoms with van der Waals surface area (Å²) in [7, 11) is 2.02. The van der Waals surface area contributed by atoms with Crippen molar-refractivity contribution in [3.8, 4) is 0 Å². The van der Waals surface area contributed by atoms with Gasteiger partial charge in [-0.3, -0.25) is 0 Å². The Kier molecular flexibility index (Phi) is 2.94. The van der Waals surface area contributed by atoms with E-state index in [0.29, 0.717) is 6.04 Å². The van der Waals surface area contributed by atoms with Crippen LogP contribution in [-0.2, 0) is 0 Å². The zero-order valence-electron chi connectivity index (χ0n) is 8.33. The molecule has 0 bridgehead atoms. The Morgan fingerprint density at radius 1 is 1.50 bits per heavy atom. The van der Waals surface area contributed by atoms with E-state index < -0.39 is 0 Å². The highest BCUT2D eigenvalue weighted by Gasteiger charge is 2.20. The molecule has 0 amide bonds. The predicted octanol–water partition coefficient (Wildman–Crippen LogP) is 2.14. The molecule has 0 aliphatic carbocycles. The lowest BCUT2D eigenvalue weighted by Gasteiger charge is -2.18. The van der Waals surface area contributed by atoms with E-state index in [0.717, 1.165) is 18.1 Å². The van der Waals surface area contributed by atoms with Crippen LogP contribution in [0.2, 0.25) is 5.02 Å². The number of rotatable bonds is 2. The average molecular weight is 211 g/mol. The molecule has 0 spiro atoms. The zero-order chi connectivity index (χ0) is 9.97. The summed E-state index contributed by atoms with van der Waals surface area (Å²) in [5.74, 6) is 0. The second kappa shape index (κ2) is 4.20. The van der Waals surface area contributed by atoms with Gasteiger partial charge in [0.05, 0.1) is 0 Å². The number of nitrogens with zero attached hydrogens (tertiary/aromatic N) is 1. The number of hydrogen-bond donors (Lipinski definition) is 1. The highest BCUT2D eigenvalue weighted by atomic mass is 35.5. The molecule has 0 radical (unpaired) electrons. The maximum Gasteiger partial charge on any atom is 0.0426 e. The van der Waals surface area contributed by atoms with Gasteiger partial charge in [-0.15, -0.1) is 0 Å².